The molecule has 0 spiro atoms. The topological polar surface area (TPSA) is 18.5 Å². The van der Waals surface area contributed by atoms with Gasteiger partial charge >= 0.3 is 8.56 Å². The summed E-state index contributed by atoms with van der Waals surface area (Å²) in [7, 11) is -1.79. The maximum Gasteiger partial charge on any atom is 0.338 e. The molecule has 1 heterocycles. The zero-order valence-corrected chi connectivity index (χ0v) is 19.9. The molecular weight excluding hydrogens is 348 g/mol. The third-order valence-electron chi connectivity index (χ3n) is 6.14. The van der Waals surface area contributed by atoms with Crippen molar-refractivity contribution in [3.8, 4) is 0 Å². The van der Waals surface area contributed by atoms with Gasteiger partial charge in [-0.2, -0.15) is 0 Å². The van der Waals surface area contributed by atoms with E-state index in [4.69, 9.17) is 8.85 Å². The van der Waals surface area contributed by atoms with E-state index in [2.05, 4.69) is 13.8 Å². The van der Waals surface area contributed by atoms with E-state index in [-0.39, 0.29) is 0 Å². The van der Waals surface area contributed by atoms with Gasteiger partial charge in [0.1, 0.15) is 0 Å². The monoisotopic (exact) mass is 398 g/mol. The smallest absolute Gasteiger partial charge is 0.338 e. The second-order valence-corrected chi connectivity index (χ2v) is 12.1. The normalized spacial score (nSPS) is 20.2. The fourth-order valence-electron chi connectivity index (χ4n) is 4.42. The van der Waals surface area contributed by atoms with Gasteiger partial charge in [-0.25, -0.2) is 0 Å². The predicted octanol–water partition coefficient (Wildman–Crippen LogP) is 8.54. The molecule has 1 unspecified atom stereocenters. The van der Waals surface area contributed by atoms with Crippen LogP contribution in [0.2, 0.25) is 12.1 Å². The summed E-state index contributed by atoms with van der Waals surface area (Å²) in [4.78, 5) is 0. The third kappa shape index (κ3) is 13.9. The molecule has 0 bridgehead atoms. The maximum atomic E-state index is 6.15. The van der Waals surface area contributed by atoms with Crippen molar-refractivity contribution in [2.24, 2.45) is 0 Å². The molecule has 27 heavy (non-hydrogen) atoms. The molecule has 0 amide bonds. The van der Waals surface area contributed by atoms with Gasteiger partial charge in [0.05, 0.1) is 0 Å². The predicted molar refractivity (Wildman–Crippen MR) is 122 cm³/mol. The van der Waals surface area contributed by atoms with E-state index in [0.717, 1.165) is 13.2 Å². The van der Waals surface area contributed by atoms with Gasteiger partial charge in [0, 0.05) is 13.2 Å². The molecule has 2 nitrogen and oxygen atoms in total. The highest BCUT2D eigenvalue weighted by atomic mass is 28.4. The average molecular weight is 399 g/mol. The molecule has 1 saturated heterocycles. The Bertz CT molecular complexity index is 297. The quantitative estimate of drug-likeness (QED) is 0.160. The van der Waals surface area contributed by atoms with Crippen molar-refractivity contribution in [3.05, 3.63) is 0 Å². The highest BCUT2D eigenvalue weighted by molar-refractivity contribution is 6.67. The Morgan fingerprint density at radius 2 is 1.11 bits per heavy atom. The first-order valence-electron chi connectivity index (χ1n) is 12.6. The zero-order valence-electron chi connectivity index (χ0n) is 18.9. The van der Waals surface area contributed by atoms with Crippen LogP contribution >= 0.6 is 0 Å². The molecule has 0 aliphatic carbocycles. The summed E-state index contributed by atoms with van der Waals surface area (Å²) in [5.41, 5.74) is 0. The summed E-state index contributed by atoms with van der Waals surface area (Å²) < 4.78 is 12.3. The van der Waals surface area contributed by atoms with Gasteiger partial charge < -0.3 is 8.85 Å². The molecule has 1 aliphatic rings. The second kappa shape index (κ2) is 18.2. The van der Waals surface area contributed by atoms with Crippen LogP contribution in [0.1, 0.15) is 129 Å². The van der Waals surface area contributed by atoms with Crippen molar-refractivity contribution >= 4 is 8.56 Å². The van der Waals surface area contributed by atoms with Crippen LogP contribution in [0, 0.1) is 0 Å². The number of hydrogen-bond donors (Lipinski definition) is 0. The molecule has 1 fully saturated rings. The van der Waals surface area contributed by atoms with E-state index in [1.54, 1.807) is 0 Å². The number of unbranched alkanes of at least 4 members (excludes halogenated alkanes) is 15. The minimum Gasteiger partial charge on any atom is -0.394 e. The van der Waals surface area contributed by atoms with Crippen molar-refractivity contribution in [2.45, 2.75) is 142 Å². The van der Waals surface area contributed by atoms with Crippen molar-refractivity contribution in [1.82, 2.24) is 0 Å². The fraction of sp³-hybridized carbons (Fsp3) is 1.00. The largest absolute Gasteiger partial charge is 0.394 e. The van der Waals surface area contributed by atoms with Crippen molar-refractivity contribution in [3.63, 3.8) is 0 Å². The molecule has 0 aromatic carbocycles. The van der Waals surface area contributed by atoms with E-state index < -0.39 is 8.56 Å². The first-order valence-corrected chi connectivity index (χ1v) is 14.8. The van der Waals surface area contributed by atoms with E-state index in [1.807, 2.05) is 0 Å². The molecule has 0 radical (unpaired) electrons. The Labute approximate surface area is 172 Å². The lowest BCUT2D eigenvalue weighted by Gasteiger charge is -2.34. The van der Waals surface area contributed by atoms with Crippen LogP contribution < -0.4 is 0 Å². The van der Waals surface area contributed by atoms with Crippen molar-refractivity contribution in [1.29, 1.82) is 0 Å². The lowest BCUT2D eigenvalue weighted by atomic mass is 10.0. The first-order chi connectivity index (χ1) is 13.3. The zero-order chi connectivity index (χ0) is 19.5. The van der Waals surface area contributed by atoms with Crippen LogP contribution in [0.25, 0.3) is 0 Å². The minimum absolute atomic E-state index is 0.838. The maximum absolute atomic E-state index is 6.15. The summed E-state index contributed by atoms with van der Waals surface area (Å²) in [6, 6.07) is 2.47. The molecule has 1 rings (SSSR count). The Morgan fingerprint density at radius 3 is 1.52 bits per heavy atom. The Balaban J connectivity index is 1.81. The summed E-state index contributed by atoms with van der Waals surface area (Å²) in [5, 5.41) is 0. The van der Waals surface area contributed by atoms with Crippen LogP contribution in [-0.4, -0.2) is 21.8 Å². The molecule has 0 aromatic heterocycles. The van der Waals surface area contributed by atoms with Crippen LogP contribution in [-0.2, 0) is 8.85 Å². The molecule has 0 saturated carbocycles. The van der Waals surface area contributed by atoms with Gasteiger partial charge in [0.2, 0.25) is 0 Å². The van der Waals surface area contributed by atoms with E-state index >= 15 is 0 Å². The van der Waals surface area contributed by atoms with Crippen LogP contribution in [0.15, 0.2) is 0 Å². The number of rotatable bonds is 19. The third-order valence-corrected chi connectivity index (χ3v) is 9.91. The molecule has 162 valence electrons. The summed E-state index contributed by atoms with van der Waals surface area (Å²) in [6.07, 6.45) is 25.5. The molecule has 0 N–H and O–H groups in total. The van der Waals surface area contributed by atoms with Gasteiger partial charge in [-0.3, -0.25) is 0 Å². The summed E-state index contributed by atoms with van der Waals surface area (Å²) in [6.45, 7) is 6.21. The van der Waals surface area contributed by atoms with Gasteiger partial charge in [0.15, 0.2) is 0 Å². The van der Waals surface area contributed by atoms with Crippen LogP contribution in [0.4, 0.5) is 0 Å². The molecule has 1 atom stereocenters. The average Bonchev–Trinajstić information content (AvgIpc) is 2.68. The standard InChI is InChI=1S/C24H50O2Si/c1-3-5-6-7-8-9-10-11-12-13-14-15-16-17-18-20-23-27(25-4-2)24-21-19-22-26-27/h3-24H2,1-2H3. The van der Waals surface area contributed by atoms with Gasteiger partial charge in [0.25, 0.3) is 0 Å². The molecule has 3 heteroatoms. The summed E-state index contributed by atoms with van der Waals surface area (Å²) >= 11 is 0. The van der Waals surface area contributed by atoms with Gasteiger partial charge in [-0.05, 0) is 31.9 Å². The lowest BCUT2D eigenvalue weighted by molar-refractivity contribution is 0.153. The van der Waals surface area contributed by atoms with Crippen LogP contribution in [0.5, 0.6) is 0 Å². The first kappa shape index (κ1) is 25.2. The van der Waals surface area contributed by atoms with Gasteiger partial charge in [-0.1, -0.05) is 110 Å². The highest BCUT2D eigenvalue weighted by Crippen LogP contribution is 2.29. The second-order valence-electron chi connectivity index (χ2n) is 8.70. The molecule has 1 aliphatic heterocycles. The van der Waals surface area contributed by atoms with E-state index in [0.29, 0.717) is 0 Å². The number of hydrogen-bond acceptors (Lipinski definition) is 2. The Kier molecular flexibility index (Phi) is 17.0. The fourth-order valence-corrected chi connectivity index (χ4v) is 7.95. The molecular formula is C24H50O2Si. The minimum atomic E-state index is -1.79. The van der Waals surface area contributed by atoms with Crippen LogP contribution in [0.3, 0.4) is 0 Å². The van der Waals surface area contributed by atoms with Crippen molar-refractivity contribution < 1.29 is 8.85 Å². The lowest BCUT2D eigenvalue weighted by Crippen LogP contribution is -2.44. The van der Waals surface area contributed by atoms with E-state index in [1.165, 1.54) is 128 Å². The van der Waals surface area contributed by atoms with Gasteiger partial charge in [-0.15, -0.1) is 0 Å². The Morgan fingerprint density at radius 1 is 0.630 bits per heavy atom. The SMILES string of the molecule is CCCCCCCCCCCCCCCCCC[Si]1(OCC)CCCCO1. The molecule has 0 aromatic rings. The Hall–Kier alpha value is 0.137. The highest BCUT2D eigenvalue weighted by Gasteiger charge is 2.38. The summed E-state index contributed by atoms with van der Waals surface area (Å²) in [5.74, 6) is 0. The van der Waals surface area contributed by atoms with Crippen molar-refractivity contribution in [2.75, 3.05) is 13.2 Å². The van der Waals surface area contributed by atoms with E-state index in [9.17, 15) is 0 Å².